The van der Waals surface area contributed by atoms with E-state index in [2.05, 4.69) is 31.2 Å². The summed E-state index contributed by atoms with van der Waals surface area (Å²) in [5, 5.41) is 18.4. The first kappa shape index (κ1) is 23.4. The number of carboxylic acid groups (broad SMARTS) is 1. The van der Waals surface area contributed by atoms with Crippen molar-refractivity contribution in [1.29, 1.82) is 0 Å². The van der Waals surface area contributed by atoms with Gasteiger partial charge in [-0.2, -0.15) is 0 Å². The number of unbranched alkanes of at least 4 members (excludes halogenated alkanes) is 6. The van der Waals surface area contributed by atoms with E-state index in [9.17, 15) is 9.90 Å². The Morgan fingerprint density at radius 1 is 0.880 bits per heavy atom. The first-order valence-electron chi connectivity index (χ1n) is 9.70. The van der Waals surface area contributed by atoms with Gasteiger partial charge < -0.3 is 10.2 Å². The number of carbonyl (C=O) groups is 1. The molecule has 0 aromatic heterocycles. The molecule has 0 spiro atoms. The van der Waals surface area contributed by atoms with E-state index in [1.807, 2.05) is 18.2 Å². The summed E-state index contributed by atoms with van der Waals surface area (Å²) in [6.07, 6.45) is 26.3. The van der Waals surface area contributed by atoms with Gasteiger partial charge >= 0.3 is 5.97 Å². The minimum absolute atomic E-state index is 0.259. The lowest BCUT2D eigenvalue weighted by Gasteiger charge is -1.99. The standard InChI is InChI=1S/C22H36O3/c1-2-3-4-5-6-7-8-9-12-15-18-21(23)19-16-13-10-11-14-17-20-22(24)25/h6-7,9,12-13,15-16,18,21,23H,2-5,8,10-11,14,17,19-20H2,1H3,(H,24,25)/b7-6-,12-9-,16-13-,18-15+/t21-/m0/s1. The molecule has 0 aliphatic rings. The first-order valence-corrected chi connectivity index (χ1v) is 9.70. The highest BCUT2D eigenvalue weighted by Crippen LogP contribution is 2.05. The van der Waals surface area contributed by atoms with E-state index < -0.39 is 12.1 Å². The van der Waals surface area contributed by atoms with Crippen LogP contribution >= 0.6 is 0 Å². The van der Waals surface area contributed by atoms with Crippen molar-refractivity contribution in [2.45, 2.75) is 83.7 Å². The number of aliphatic hydroxyl groups excluding tert-OH is 1. The Balaban J connectivity index is 3.58. The van der Waals surface area contributed by atoms with Gasteiger partial charge in [-0.3, -0.25) is 4.79 Å². The van der Waals surface area contributed by atoms with Crippen LogP contribution in [0.25, 0.3) is 0 Å². The Kier molecular flexibility index (Phi) is 17.5. The number of rotatable bonds is 16. The van der Waals surface area contributed by atoms with Crippen LogP contribution in [0.15, 0.2) is 48.6 Å². The third kappa shape index (κ3) is 20.3. The fraction of sp³-hybridized carbons (Fsp3) is 0.591. The summed E-state index contributed by atoms with van der Waals surface area (Å²) in [7, 11) is 0. The molecule has 0 aromatic rings. The Hall–Kier alpha value is -1.61. The minimum atomic E-state index is -0.720. The van der Waals surface area contributed by atoms with Gasteiger partial charge in [0.15, 0.2) is 0 Å². The lowest BCUT2D eigenvalue weighted by atomic mass is 10.1. The van der Waals surface area contributed by atoms with Gasteiger partial charge in [0.1, 0.15) is 0 Å². The van der Waals surface area contributed by atoms with Crippen molar-refractivity contribution in [3.8, 4) is 0 Å². The van der Waals surface area contributed by atoms with E-state index in [-0.39, 0.29) is 6.42 Å². The number of aliphatic hydroxyl groups is 1. The number of aliphatic carboxylic acids is 1. The van der Waals surface area contributed by atoms with Gasteiger partial charge in [-0.15, -0.1) is 0 Å². The molecule has 0 saturated heterocycles. The predicted octanol–water partition coefficient (Wildman–Crippen LogP) is 5.97. The molecule has 0 aliphatic carbocycles. The maximum Gasteiger partial charge on any atom is 0.303 e. The van der Waals surface area contributed by atoms with E-state index in [0.717, 1.165) is 32.1 Å². The van der Waals surface area contributed by atoms with Crippen molar-refractivity contribution < 1.29 is 15.0 Å². The highest BCUT2D eigenvalue weighted by atomic mass is 16.4. The molecule has 0 bridgehead atoms. The highest BCUT2D eigenvalue weighted by Gasteiger charge is 1.96. The van der Waals surface area contributed by atoms with Crippen LogP contribution in [0.5, 0.6) is 0 Å². The van der Waals surface area contributed by atoms with Crippen LogP contribution < -0.4 is 0 Å². The zero-order chi connectivity index (χ0) is 18.6. The monoisotopic (exact) mass is 348 g/mol. The van der Waals surface area contributed by atoms with Crippen molar-refractivity contribution in [3.63, 3.8) is 0 Å². The molecule has 0 amide bonds. The van der Waals surface area contributed by atoms with Gasteiger partial charge in [-0.25, -0.2) is 0 Å². The number of allylic oxidation sites excluding steroid dienone is 6. The molecule has 3 nitrogen and oxygen atoms in total. The van der Waals surface area contributed by atoms with Gasteiger partial charge in [0.05, 0.1) is 6.10 Å². The molecule has 0 radical (unpaired) electrons. The number of hydrogen-bond donors (Lipinski definition) is 2. The quantitative estimate of drug-likeness (QED) is 0.205. The van der Waals surface area contributed by atoms with Crippen molar-refractivity contribution in [3.05, 3.63) is 48.6 Å². The summed E-state index contributed by atoms with van der Waals surface area (Å²) >= 11 is 0. The van der Waals surface area contributed by atoms with Gasteiger partial charge in [0.25, 0.3) is 0 Å². The summed E-state index contributed by atoms with van der Waals surface area (Å²) in [5.74, 6) is -0.720. The van der Waals surface area contributed by atoms with E-state index in [0.29, 0.717) is 6.42 Å². The third-order valence-electron chi connectivity index (χ3n) is 3.80. The van der Waals surface area contributed by atoms with E-state index in [1.54, 1.807) is 6.08 Å². The molecule has 0 saturated carbocycles. The fourth-order valence-electron chi connectivity index (χ4n) is 2.30. The van der Waals surface area contributed by atoms with Crippen molar-refractivity contribution >= 4 is 5.97 Å². The Bertz CT molecular complexity index is 419. The molecule has 25 heavy (non-hydrogen) atoms. The summed E-state index contributed by atoms with van der Waals surface area (Å²) in [5.41, 5.74) is 0. The molecule has 1 atom stereocenters. The third-order valence-corrected chi connectivity index (χ3v) is 3.80. The highest BCUT2D eigenvalue weighted by molar-refractivity contribution is 5.66. The van der Waals surface area contributed by atoms with Crippen LogP contribution in [0.2, 0.25) is 0 Å². The molecule has 2 N–H and O–H groups in total. The average Bonchev–Trinajstić information content (AvgIpc) is 2.58. The largest absolute Gasteiger partial charge is 0.481 e. The zero-order valence-corrected chi connectivity index (χ0v) is 15.8. The smallest absolute Gasteiger partial charge is 0.303 e. The molecule has 142 valence electrons. The second-order valence-corrected chi connectivity index (χ2v) is 6.28. The maximum atomic E-state index is 10.4. The minimum Gasteiger partial charge on any atom is -0.481 e. The predicted molar refractivity (Wildman–Crippen MR) is 107 cm³/mol. The van der Waals surface area contributed by atoms with E-state index in [4.69, 9.17) is 5.11 Å². The molecular weight excluding hydrogens is 312 g/mol. The second kappa shape index (κ2) is 18.7. The van der Waals surface area contributed by atoms with Gasteiger partial charge in [-0.1, -0.05) is 74.8 Å². The van der Waals surface area contributed by atoms with Crippen LogP contribution in [0.1, 0.15) is 77.6 Å². The van der Waals surface area contributed by atoms with Crippen LogP contribution in [0, 0.1) is 0 Å². The van der Waals surface area contributed by atoms with Crippen LogP contribution in [-0.4, -0.2) is 22.3 Å². The molecule has 0 rings (SSSR count). The molecule has 0 fully saturated rings. The summed E-state index contributed by atoms with van der Waals surface area (Å²) in [4.78, 5) is 10.4. The normalized spacial score (nSPS) is 13.7. The molecule has 3 heteroatoms. The Labute approximate surface area is 153 Å². The SMILES string of the molecule is CCCCC/C=C\C/C=C\C=C\[C@H](O)C/C=C\CCCCCC(=O)O. The fourth-order valence-corrected chi connectivity index (χ4v) is 2.30. The molecular formula is C22H36O3. The number of carboxylic acids is 1. The van der Waals surface area contributed by atoms with Crippen LogP contribution in [0.4, 0.5) is 0 Å². The lowest BCUT2D eigenvalue weighted by molar-refractivity contribution is -0.137. The van der Waals surface area contributed by atoms with Crippen LogP contribution in [-0.2, 0) is 4.79 Å². The zero-order valence-electron chi connectivity index (χ0n) is 15.8. The van der Waals surface area contributed by atoms with E-state index in [1.165, 1.54) is 25.7 Å². The molecule has 0 unspecified atom stereocenters. The Morgan fingerprint density at radius 3 is 2.32 bits per heavy atom. The molecule has 0 heterocycles. The molecule has 0 aromatic carbocycles. The summed E-state index contributed by atoms with van der Waals surface area (Å²) in [6.45, 7) is 2.22. The van der Waals surface area contributed by atoms with Crippen molar-refractivity contribution in [2.75, 3.05) is 0 Å². The Morgan fingerprint density at radius 2 is 1.60 bits per heavy atom. The topological polar surface area (TPSA) is 57.5 Å². The van der Waals surface area contributed by atoms with Crippen molar-refractivity contribution in [1.82, 2.24) is 0 Å². The van der Waals surface area contributed by atoms with Gasteiger partial charge in [0, 0.05) is 6.42 Å². The van der Waals surface area contributed by atoms with E-state index >= 15 is 0 Å². The molecule has 0 aliphatic heterocycles. The van der Waals surface area contributed by atoms with Gasteiger partial charge in [0.2, 0.25) is 0 Å². The van der Waals surface area contributed by atoms with Crippen molar-refractivity contribution in [2.24, 2.45) is 0 Å². The van der Waals surface area contributed by atoms with Gasteiger partial charge in [-0.05, 0) is 44.9 Å². The first-order chi connectivity index (χ1) is 12.2. The average molecular weight is 349 g/mol. The summed E-state index contributed by atoms with van der Waals surface area (Å²) in [6, 6.07) is 0. The number of hydrogen-bond acceptors (Lipinski definition) is 2. The van der Waals surface area contributed by atoms with Crippen LogP contribution in [0.3, 0.4) is 0 Å². The maximum absolute atomic E-state index is 10.4. The summed E-state index contributed by atoms with van der Waals surface area (Å²) < 4.78 is 0. The second-order valence-electron chi connectivity index (χ2n) is 6.28. The lowest BCUT2D eigenvalue weighted by Crippen LogP contribution is -1.98.